The van der Waals surface area contributed by atoms with Crippen LogP contribution < -0.4 is 10.6 Å². The van der Waals surface area contributed by atoms with Gasteiger partial charge >= 0.3 is 0 Å². The number of aromatic amines is 1. The summed E-state index contributed by atoms with van der Waals surface area (Å²) in [6.45, 7) is 0.478. The van der Waals surface area contributed by atoms with Crippen LogP contribution in [0, 0.1) is 0 Å². The summed E-state index contributed by atoms with van der Waals surface area (Å²) >= 11 is 0. The molecule has 4 rings (SSSR count). The van der Waals surface area contributed by atoms with Crippen molar-refractivity contribution >= 4 is 28.5 Å². The summed E-state index contributed by atoms with van der Waals surface area (Å²) < 4.78 is 6.50. The van der Waals surface area contributed by atoms with Crippen LogP contribution in [0.25, 0.3) is 10.9 Å². The monoisotopic (exact) mass is 377 g/mol. The third-order valence-electron chi connectivity index (χ3n) is 4.45. The van der Waals surface area contributed by atoms with E-state index in [9.17, 15) is 9.59 Å². The van der Waals surface area contributed by atoms with Crippen LogP contribution in [0.2, 0.25) is 0 Å². The molecular weight excluding hydrogens is 358 g/mol. The van der Waals surface area contributed by atoms with Crippen molar-refractivity contribution in [3.05, 3.63) is 71.9 Å². The normalized spacial score (nSPS) is 10.9. The molecule has 0 unspecified atom stereocenters. The molecule has 0 saturated carbocycles. The van der Waals surface area contributed by atoms with Crippen LogP contribution in [-0.2, 0) is 13.5 Å². The molecule has 0 saturated heterocycles. The standard InChI is InChI=1S/C20H19N5O3/c1-25-18(23-20(27)17-7-4-10-28-17)11-16(24-25)19(26)21-9-8-13-12-22-15-6-3-2-5-14(13)15/h2-7,10-12,22H,8-9H2,1H3,(H,21,26)(H,23,27). The minimum Gasteiger partial charge on any atom is -0.459 e. The fourth-order valence-corrected chi connectivity index (χ4v) is 3.02. The smallest absolute Gasteiger partial charge is 0.292 e. The Bertz CT molecular complexity index is 1120. The summed E-state index contributed by atoms with van der Waals surface area (Å²) in [5.41, 5.74) is 2.45. The molecule has 0 aliphatic carbocycles. The first-order chi connectivity index (χ1) is 13.6. The van der Waals surface area contributed by atoms with Crippen molar-refractivity contribution in [3.63, 3.8) is 0 Å². The van der Waals surface area contributed by atoms with E-state index in [0.717, 1.165) is 16.5 Å². The number of hydrogen-bond acceptors (Lipinski definition) is 4. The number of H-pyrrole nitrogens is 1. The molecular formula is C20H19N5O3. The quantitative estimate of drug-likeness (QED) is 0.480. The van der Waals surface area contributed by atoms with Gasteiger partial charge in [-0.3, -0.25) is 14.3 Å². The third-order valence-corrected chi connectivity index (χ3v) is 4.45. The Morgan fingerprint density at radius 3 is 2.86 bits per heavy atom. The number of carbonyl (C=O) groups is 2. The van der Waals surface area contributed by atoms with Gasteiger partial charge in [-0.1, -0.05) is 18.2 Å². The van der Waals surface area contributed by atoms with Crippen molar-refractivity contribution < 1.29 is 14.0 Å². The Hall–Kier alpha value is -3.81. The molecule has 0 bridgehead atoms. The first-order valence-electron chi connectivity index (χ1n) is 8.84. The van der Waals surface area contributed by atoms with Crippen molar-refractivity contribution in [2.45, 2.75) is 6.42 Å². The first-order valence-corrected chi connectivity index (χ1v) is 8.84. The summed E-state index contributed by atoms with van der Waals surface area (Å²) in [5, 5.41) is 10.8. The van der Waals surface area contributed by atoms with Crippen molar-refractivity contribution in [3.8, 4) is 0 Å². The lowest BCUT2D eigenvalue weighted by atomic mass is 10.1. The number of para-hydroxylation sites is 1. The van der Waals surface area contributed by atoms with Crippen molar-refractivity contribution in [2.75, 3.05) is 11.9 Å². The second-order valence-corrected chi connectivity index (χ2v) is 6.34. The van der Waals surface area contributed by atoms with Gasteiger partial charge in [0.05, 0.1) is 6.26 Å². The topological polar surface area (TPSA) is 105 Å². The predicted molar refractivity (Wildman–Crippen MR) is 104 cm³/mol. The maximum absolute atomic E-state index is 12.4. The average molecular weight is 377 g/mol. The Balaban J connectivity index is 1.36. The SMILES string of the molecule is Cn1nc(C(=O)NCCc2c[nH]c3ccccc23)cc1NC(=O)c1ccco1. The molecule has 0 atom stereocenters. The van der Waals surface area contributed by atoms with Crippen LogP contribution in [0.3, 0.4) is 0 Å². The molecule has 4 aromatic rings. The summed E-state index contributed by atoms with van der Waals surface area (Å²) in [6.07, 6.45) is 4.08. The number of nitrogens with zero attached hydrogens (tertiary/aromatic N) is 2. The highest BCUT2D eigenvalue weighted by atomic mass is 16.3. The van der Waals surface area contributed by atoms with Gasteiger partial charge < -0.3 is 20.0 Å². The van der Waals surface area contributed by atoms with Crippen LogP contribution in [0.15, 0.2) is 59.3 Å². The lowest BCUT2D eigenvalue weighted by Crippen LogP contribution is -2.26. The molecule has 2 amide bonds. The van der Waals surface area contributed by atoms with E-state index >= 15 is 0 Å². The third kappa shape index (κ3) is 3.52. The van der Waals surface area contributed by atoms with Gasteiger partial charge in [-0.05, 0) is 30.2 Å². The number of aryl methyl sites for hydroxylation is 1. The highest BCUT2D eigenvalue weighted by Crippen LogP contribution is 2.18. The van der Waals surface area contributed by atoms with Crippen LogP contribution in [0.5, 0.6) is 0 Å². The van der Waals surface area contributed by atoms with E-state index in [1.807, 2.05) is 24.4 Å². The zero-order valence-electron chi connectivity index (χ0n) is 15.2. The zero-order valence-corrected chi connectivity index (χ0v) is 15.2. The average Bonchev–Trinajstić information content (AvgIpc) is 3.43. The molecule has 8 nitrogen and oxygen atoms in total. The molecule has 3 aromatic heterocycles. The van der Waals surface area contributed by atoms with E-state index in [4.69, 9.17) is 4.42 Å². The second kappa shape index (κ2) is 7.43. The van der Waals surface area contributed by atoms with E-state index in [0.29, 0.717) is 18.8 Å². The number of rotatable bonds is 6. The van der Waals surface area contributed by atoms with E-state index < -0.39 is 5.91 Å². The molecule has 0 aliphatic heterocycles. The molecule has 142 valence electrons. The summed E-state index contributed by atoms with van der Waals surface area (Å²) in [6, 6.07) is 12.8. The number of anilines is 1. The number of fused-ring (bicyclic) bond motifs is 1. The van der Waals surface area contributed by atoms with Crippen LogP contribution in [0.4, 0.5) is 5.82 Å². The minimum absolute atomic E-state index is 0.186. The van der Waals surface area contributed by atoms with Gasteiger partial charge in [0, 0.05) is 36.8 Å². The summed E-state index contributed by atoms with van der Waals surface area (Å²) in [5.74, 6) is -0.109. The lowest BCUT2D eigenvalue weighted by Gasteiger charge is -2.02. The van der Waals surface area contributed by atoms with Gasteiger partial charge in [0.25, 0.3) is 11.8 Å². The maximum atomic E-state index is 12.4. The van der Waals surface area contributed by atoms with E-state index in [1.165, 1.54) is 17.0 Å². The summed E-state index contributed by atoms with van der Waals surface area (Å²) in [4.78, 5) is 27.7. The molecule has 0 spiro atoms. The largest absolute Gasteiger partial charge is 0.459 e. The molecule has 8 heteroatoms. The van der Waals surface area contributed by atoms with Crippen molar-refractivity contribution in [2.24, 2.45) is 7.05 Å². The highest BCUT2D eigenvalue weighted by molar-refractivity contribution is 6.02. The van der Waals surface area contributed by atoms with Gasteiger partial charge in [-0.15, -0.1) is 0 Å². The Morgan fingerprint density at radius 1 is 1.18 bits per heavy atom. The lowest BCUT2D eigenvalue weighted by molar-refractivity contribution is 0.0947. The fraction of sp³-hybridized carbons (Fsp3) is 0.150. The van der Waals surface area contributed by atoms with E-state index in [-0.39, 0.29) is 17.4 Å². The van der Waals surface area contributed by atoms with Gasteiger partial charge in [0.15, 0.2) is 11.5 Å². The zero-order chi connectivity index (χ0) is 19.5. The molecule has 1 aromatic carbocycles. The molecule has 3 heterocycles. The highest BCUT2D eigenvalue weighted by Gasteiger charge is 2.16. The number of hydrogen-bond donors (Lipinski definition) is 3. The molecule has 0 fully saturated rings. The number of benzene rings is 1. The predicted octanol–water partition coefficient (Wildman–Crippen LogP) is 2.72. The molecule has 0 radical (unpaired) electrons. The maximum Gasteiger partial charge on any atom is 0.292 e. The molecule has 0 aliphatic rings. The van der Waals surface area contributed by atoms with Gasteiger partial charge in [0.1, 0.15) is 5.82 Å². The number of carbonyl (C=O) groups excluding carboxylic acids is 2. The van der Waals surface area contributed by atoms with Gasteiger partial charge in [-0.25, -0.2) is 0 Å². The number of aromatic nitrogens is 3. The van der Waals surface area contributed by atoms with Gasteiger partial charge in [0.2, 0.25) is 0 Å². The van der Waals surface area contributed by atoms with Crippen LogP contribution in [0.1, 0.15) is 26.6 Å². The Kier molecular flexibility index (Phi) is 4.67. The number of amides is 2. The summed E-state index contributed by atoms with van der Waals surface area (Å²) in [7, 11) is 1.65. The van der Waals surface area contributed by atoms with E-state index in [1.54, 1.807) is 19.2 Å². The first kappa shape index (κ1) is 17.6. The van der Waals surface area contributed by atoms with Crippen LogP contribution >= 0.6 is 0 Å². The van der Waals surface area contributed by atoms with Gasteiger partial charge in [-0.2, -0.15) is 5.10 Å². The minimum atomic E-state index is -0.403. The van der Waals surface area contributed by atoms with Crippen molar-refractivity contribution in [1.82, 2.24) is 20.1 Å². The second-order valence-electron chi connectivity index (χ2n) is 6.34. The fourth-order valence-electron chi connectivity index (χ4n) is 3.02. The molecule has 28 heavy (non-hydrogen) atoms. The Labute approximate surface area is 160 Å². The van der Waals surface area contributed by atoms with E-state index in [2.05, 4.69) is 26.8 Å². The van der Waals surface area contributed by atoms with Crippen molar-refractivity contribution in [1.29, 1.82) is 0 Å². The van der Waals surface area contributed by atoms with Crippen LogP contribution in [-0.4, -0.2) is 33.1 Å². The number of nitrogens with one attached hydrogen (secondary N) is 3. The number of furan rings is 1. The Morgan fingerprint density at radius 2 is 2.04 bits per heavy atom. The molecule has 3 N–H and O–H groups in total.